The van der Waals surface area contributed by atoms with E-state index in [9.17, 15) is 9.59 Å². The van der Waals surface area contributed by atoms with Crippen molar-refractivity contribution in [3.8, 4) is 0 Å². The summed E-state index contributed by atoms with van der Waals surface area (Å²) in [5.41, 5.74) is 0. The zero-order valence-corrected chi connectivity index (χ0v) is 10.3. The van der Waals surface area contributed by atoms with Crippen LogP contribution in [0.15, 0.2) is 17.5 Å². The molecule has 0 aliphatic rings. The molecule has 1 aromatic heterocycles. The Hall–Kier alpha value is -1.40. The summed E-state index contributed by atoms with van der Waals surface area (Å²) in [5.74, 6) is -1.36. The summed E-state index contributed by atoms with van der Waals surface area (Å²) in [6.45, 7) is -0.0277. The summed E-state index contributed by atoms with van der Waals surface area (Å²) in [4.78, 5) is 23.4. The number of aliphatic carboxylic acids is 1. The van der Waals surface area contributed by atoms with Crippen molar-refractivity contribution in [2.45, 2.75) is 18.9 Å². The molecule has 0 aliphatic carbocycles. The molecular weight excluding hydrogens is 242 g/mol. The molecule has 0 spiro atoms. The number of hydrogen-bond donors (Lipinski definition) is 2. The maximum Gasteiger partial charge on any atom is 0.328 e. The van der Waals surface area contributed by atoms with Crippen LogP contribution in [0.1, 0.15) is 11.3 Å². The van der Waals surface area contributed by atoms with E-state index in [0.717, 1.165) is 4.88 Å². The number of carboxylic acids is 1. The number of ether oxygens (including phenoxy) is 1. The monoisotopic (exact) mass is 257 g/mol. The highest BCUT2D eigenvalue weighted by atomic mass is 32.1. The molecule has 0 fully saturated rings. The lowest BCUT2D eigenvalue weighted by atomic mass is 10.2. The van der Waals surface area contributed by atoms with Gasteiger partial charge in [-0.05, 0) is 17.9 Å². The standard InChI is InChI=1S/C11H15NO4S/c1-16-7-9(11(14)15)12-10(13)5-4-8-3-2-6-17-8/h2-3,6,9H,4-5,7H2,1H3,(H,12,13)(H,14,15). The third kappa shape index (κ3) is 4.97. The molecule has 0 bridgehead atoms. The van der Waals surface area contributed by atoms with Crippen molar-refractivity contribution in [3.63, 3.8) is 0 Å². The van der Waals surface area contributed by atoms with Gasteiger partial charge in [0, 0.05) is 18.4 Å². The molecule has 0 radical (unpaired) electrons. The first-order valence-electron chi connectivity index (χ1n) is 5.17. The molecule has 1 rings (SSSR count). The number of carboxylic acid groups (broad SMARTS) is 1. The van der Waals surface area contributed by atoms with Crippen LogP contribution in [-0.4, -0.2) is 36.7 Å². The van der Waals surface area contributed by atoms with Crippen LogP contribution in [0.4, 0.5) is 0 Å². The number of nitrogens with one attached hydrogen (secondary N) is 1. The van der Waals surface area contributed by atoms with Crippen LogP contribution in [0, 0.1) is 0 Å². The van der Waals surface area contributed by atoms with Gasteiger partial charge in [-0.2, -0.15) is 0 Å². The smallest absolute Gasteiger partial charge is 0.328 e. The SMILES string of the molecule is COCC(NC(=O)CCc1cccs1)C(=O)O. The molecule has 1 unspecified atom stereocenters. The van der Waals surface area contributed by atoms with Gasteiger partial charge in [-0.25, -0.2) is 4.79 Å². The number of aryl methyl sites for hydroxylation is 1. The average Bonchev–Trinajstić information content (AvgIpc) is 2.78. The summed E-state index contributed by atoms with van der Waals surface area (Å²) >= 11 is 1.58. The molecular formula is C11H15NO4S. The summed E-state index contributed by atoms with van der Waals surface area (Å²) in [6.07, 6.45) is 0.914. The van der Waals surface area contributed by atoms with E-state index in [1.165, 1.54) is 7.11 Å². The van der Waals surface area contributed by atoms with Gasteiger partial charge in [0.25, 0.3) is 0 Å². The Morgan fingerprint density at radius 2 is 2.35 bits per heavy atom. The van der Waals surface area contributed by atoms with E-state index in [0.29, 0.717) is 6.42 Å². The number of methoxy groups -OCH3 is 1. The van der Waals surface area contributed by atoms with Gasteiger partial charge in [-0.1, -0.05) is 6.07 Å². The maximum atomic E-state index is 11.5. The Balaban J connectivity index is 2.34. The summed E-state index contributed by atoms with van der Waals surface area (Å²) in [5, 5.41) is 13.2. The van der Waals surface area contributed by atoms with Crippen LogP contribution in [-0.2, 0) is 20.7 Å². The topological polar surface area (TPSA) is 75.6 Å². The number of rotatable bonds is 7. The molecule has 1 atom stereocenters. The lowest BCUT2D eigenvalue weighted by Gasteiger charge is -2.13. The molecule has 0 saturated carbocycles. The minimum atomic E-state index is -1.09. The fraction of sp³-hybridized carbons (Fsp3) is 0.455. The van der Waals surface area contributed by atoms with E-state index in [1.54, 1.807) is 11.3 Å². The average molecular weight is 257 g/mol. The van der Waals surface area contributed by atoms with Crippen LogP contribution in [0.25, 0.3) is 0 Å². The quantitative estimate of drug-likeness (QED) is 0.761. The van der Waals surface area contributed by atoms with Crippen molar-refractivity contribution in [3.05, 3.63) is 22.4 Å². The highest BCUT2D eigenvalue weighted by Gasteiger charge is 2.19. The maximum absolute atomic E-state index is 11.5. The molecule has 1 amide bonds. The molecule has 17 heavy (non-hydrogen) atoms. The molecule has 94 valence electrons. The minimum absolute atomic E-state index is 0.0277. The lowest BCUT2D eigenvalue weighted by molar-refractivity contribution is -0.143. The first-order valence-corrected chi connectivity index (χ1v) is 6.05. The molecule has 5 nitrogen and oxygen atoms in total. The number of carbonyl (C=O) groups is 2. The molecule has 0 aromatic carbocycles. The van der Waals surface area contributed by atoms with Crippen molar-refractivity contribution in [2.75, 3.05) is 13.7 Å². The molecule has 1 aromatic rings. The van der Waals surface area contributed by atoms with Crippen molar-refractivity contribution in [1.29, 1.82) is 0 Å². The Morgan fingerprint density at radius 1 is 1.59 bits per heavy atom. The van der Waals surface area contributed by atoms with Crippen LogP contribution in [0.3, 0.4) is 0 Å². The number of hydrogen-bond acceptors (Lipinski definition) is 4. The van der Waals surface area contributed by atoms with Crippen LogP contribution >= 0.6 is 11.3 Å². The second-order valence-electron chi connectivity index (χ2n) is 3.49. The highest BCUT2D eigenvalue weighted by molar-refractivity contribution is 7.09. The van der Waals surface area contributed by atoms with E-state index >= 15 is 0 Å². The number of amides is 1. The molecule has 1 heterocycles. The summed E-state index contributed by atoms with van der Waals surface area (Å²) < 4.78 is 4.72. The second-order valence-corrected chi connectivity index (χ2v) is 4.53. The predicted molar refractivity (Wildman–Crippen MR) is 64.1 cm³/mol. The second kappa shape index (κ2) is 7.03. The minimum Gasteiger partial charge on any atom is -0.480 e. The normalized spacial score (nSPS) is 12.1. The molecule has 0 saturated heterocycles. The number of carbonyl (C=O) groups excluding carboxylic acids is 1. The van der Waals surface area contributed by atoms with Crippen molar-refractivity contribution in [1.82, 2.24) is 5.32 Å². The van der Waals surface area contributed by atoms with Crippen molar-refractivity contribution in [2.24, 2.45) is 0 Å². The first-order chi connectivity index (χ1) is 8.13. The first kappa shape index (κ1) is 13.7. The van der Waals surface area contributed by atoms with Crippen LogP contribution in [0.5, 0.6) is 0 Å². The Labute approximate surface area is 103 Å². The van der Waals surface area contributed by atoms with E-state index in [2.05, 4.69) is 5.32 Å². The van der Waals surface area contributed by atoms with Gasteiger partial charge in [0.2, 0.25) is 5.91 Å². The number of thiophene rings is 1. The van der Waals surface area contributed by atoms with Crippen LogP contribution in [0.2, 0.25) is 0 Å². The van der Waals surface area contributed by atoms with E-state index in [4.69, 9.17) is 9.84 Å². The van der Waals surface area contributed by atoms with Gasteiger partial charge in [-0.15, -0.1) is 11.3 Å². The van der Waals surface area contributed by atoms with Crippen molar-refractivity contribution < 1.29 is 19.4 Å². The fourth-order valence-corrected chi connectivity index (χ4v) is 2.01. The predicted octanol–water partition coefficient (Wildman–Crippen LogP) is 0.896. The van der Waals surface area contributed by atoms with Crippen molar-refractivity contribution >= 4 is 23.2 Å². The highest BCUT2D eigenvalue weighted by Crippen LogP contribution is 2.10. The molecule has 0 aliphatic heterocycles. The van der Waals surface area contributed by atoms with E-state index in [1.807, 2.05) is 17.5 Å². The van der Waals surface area contributed by atoms with E-state index < -0.39 is 12.0 Å². The molecule has 2 N–H and O–H groups in total. The van der Waals surface area contributed by atoms with Gasteiger partial charge in [0.15, 0.2) is 6.04 Å². The fourth-order valence-electron chi connectivity index (χ4n) is 1.30. The van der Waals surface area contributed by atoms with Gasteiger partial charge in [0.1, 0.15) is 0 Å². The van der Waals surface area contributed by atoms with E-state index in [-0.39, 0.29) is 18.9 Å². The largest absolute Gasteiger partial charge is 0.480 e. The van der Waals surface area contributed by atoms with Gasteiger partial charge >= 0.3 is 5.97 Å². The Kier molecular flexibility index (Phi) is 5.65. The third-order valence-corrected chi connectivity index (χ3v) is 3.08. The van der Waals surface area contributed by atoms with Gasteiger partial charge in [-0.3, -0.25) is 4.79 Å². The molecule has 6 heteroatoms. The van der Waals surface area contributed by atoms with Crippen LogP contribution < -0.4 is 5.32 Å². The van der Waals surface area contributed by atoms with Gasteiger partial charge in [0.05, 0.1) is 6.61 Å². The summed E-state index contributed by atoms with van der Waals surface area (Å²) in [7, 11) is 1.40. The lowest BCUT2D eigenvalue weighted by Crippen LogP contribution is -2.43. The third-order valence-electron chi connectivity index (χ3n) is 2.15. The zero-order chi connectivity index (χ0) is 12.7. The zero-order valence-electron chi connectivity index (χ0n) is 9.51. The Bertz CT molecular complexity index is 364. The van der Waals surface area contributed by atoms with Gasteiger partial charge < -0.3 is 15.2 Å². The Morgan fingerprint density at radius 3 is 2.88 bits per heavy atom. The summed E-state index contributed by atoms with van der Waals surface area (Å²) in [6, 6.07) is 2.89.